The molecule has 8 nitrogen and oxygen atoms in total. The van der Waals surface area contributed by atoms with Gasteiger partial charge in [-0.1, -0.05) is 73.9 Å². The summed E-state index contributed by atoms with van der Waals surface area (Å²) < 4.78 is 40.6. The summed E-state index contributed by atoms with van der Waals surface area (Å²) >= 11 is 0. The van der Waals surface area contributed by atoms with Crippen LogP contribution >= 0.6 is 0 Å². The van der Waals surface area contributed by atoms with Crippen molar-refractivity contribution in [2.75, 3.05) is 6.54 Å². The van der Waals surface area contributed by atoms with E-state index in [1.54, 1.807) is 24.3 Å². The summed E-state index contributed by atoms with van der Waals surface area (Å²) in [5, 5.41) is 3.15. The number of carbonyl (C=O) groups excluding carboxylic acids is 3. The van der Waals surface area contributed by atoms with Gasteiger partial charge in [0, 0.05) is 32.0 Å². The average Bonchev–Trinajstić information content (AvgIpc) is 3.19. The Morgan fingerprint density at radius 3 is 2.26 bits per heavy atom. The second kappa shape index (κ2) is 12.9. The van der Waals surface area contributed by atoms with Gasteiger partial charge in [0.15, 0.2) is 0 Å². The Balaban J connectivity index is 1.42. The zero-order valence-corrected chi connectivity index (χ0v) is 24.1. The Morgan fingerprint density at radius 2 is 1.57 bits per heavy atom. The van der Waals surface area contributed by atoms with Crippen LogP contribution in [0.2, 0.25) is 0 Å². The number of hydrogen-bond donors (Lipinski definition) is 1. The number of sulfonamides is 1. The Bertz CT molecular complexity index is 1540. The van der Waals surface area contributed by atoms with E-state index in [9.17, 15) is 27.2 Å². The molecule has 0 spiro atoms. The number of carbonyl (C=O) groups is 3. The third-order valence-corrected chi connectivity index (χ3v) is 9.77. The molecule has 1 N–H and O–H groups in total. The van der Waals surface area contributed by atoms with Gasteiger partial charge in [-0.25, -0.2) is 17.1 Å². The number of fused-ring (bicyclic) bond motifs is 1. The highest BCUT2D eigenvalue weighted by atomic mass is 32.2. The molecule has 1 aliphatic carbocycles. The normalized spacial score (nSPS) is 17.0. The number of halogens is 1. The van der Waals surface area contributed by atoms with Gasteiger partial charge >= 0.3 is 0 Å². The van der Waals surface area contributed by atoms with Gasteiger partial charge in [-0.15, -0.1) is 0 Å². The summed E-state index contributed by atoms with van der Waals surface area (Å²) in [5.41, 5.74) is 1.54. The monoisotopic (exact) mass is 591 g/mol. The number of rotatable bonds is 10. The smallest absolute Gasteiger partial charge is 0.269 e. The lowest BCUT2D eigenvalue weighted by Gasteiger charge is -2.34. The molecule has 220 valence electrons. The van der Waals surface area contributed by atoms with E-state index in [2.05, 4.69) is 5.32 Å². The Kier molecular flexibility index (Phi) is 9.01. The van der Waals surface area contributed by atoms with Gasteiger partial charge in [-0.3, -0.25) is 14.4 Å². The maximum Gasteiger partial charge on any atom is 0.269 e. The number of amides is 3. The number of nitrogens with one attached hydrogen (secondary N) is 1. The highest BCUT2D eigenvalue weighted by molar-refractivity contribution is 7.90. The first-order chi connectivity index (χ1) is 20.2. The zero-order valence-electron chi connectivity index (χ0n) is 23.2. The fourth-order valence-electron chi connectivity index (χ4n) is 5.68. The van der Waals surface area contributed by atoms with Gasteiger partial charge in [0.05, 0.1) is 5.56 Å². The fraction of sp³-hybridized carbons (Fsp3) is 0.344. The van der Waals surface area contributed by atoms with Gasteiger partial charge < -0.3 is 10.2 Å². The highest BCUT2D eigenvalue weighted by Crippen LogP contribution is 2.30. The number of benzene rings is 3. The first kappa shape index (κ1) is 29.4. The van der Waals surface area contributed by atoms with Crippen molar-refractivity contribution >= 4 is 27.7 Å². The fourth-order valence-corrected chi connectivity index (χ4v) is 7.25. The van der Waals surface area contributed by atoms with Crippen LogP contribution in [0.1, 0.15) is 60.0 Å². The van der Waals surface area contributed by atoms with E-state index in [0.717, 1.165) is 42.0 Å². The molecule has 3 aromatic rings. The first-order valence-corrected chi connectivity index (χ1v) is 15.7. The minimum Gasteiger partial charge on any atom is -0.352 e. The van der Waals surface area contributed by atoms with Crippen molar-refractivity contribution in [3.8, 4) is 0 Å². The lowest BCUT2D eigenvalue weighted by atomic mass is 9.94. The Labute approximate surface area is 245 Å². The molecule has 42 heavy (non-hydrogen) atoms. The van der Waals surface area contributed by atoms with E-state index in [4.69, 9.17) is 0 Å². The van der Waals surface area contributed by atoms with Crippen molar-refractivity contribution in [3.63, 3.8) is 0 Å². The van der Waals surface area contributed by atoms with Crippen LogP contribution in [0.4, 0.5) is 4.39 Å². The third kappa shape index (κ3) is 6.54. The van der Waals surface area contributed by atoms with E-state index >= 15 is 0 Å². The summed E-state index contributed by atoms with van der Waals surface area (Å²) in [5.74, 6) is -1.89. The van der Waals surface area contributed by atoms with Crippen molar-refractivity contribution in [3.05, 3.63) is 101 Å². The molecule has 3 aromatic carbocycles. The van der Waals surface area contributed by atoms with Crippen LogP contribution in [-0.2, 0) is 32.6 Å². The zero-order chi connectivity index (χ0) is 29.7. The molecule has 1 heterocycles. The topological polar surface area (TPSA) is 104 Å². The van der Waals surface area contributed by atoms with Gasteiger partial charge in [-0.2, -0.15) is 0 Å². The summed E-state index contributed by atoms with van der Waals surface area (Å²) in [6.45, 7) is -0.355. The SMILES string of the molecule is O=C(NC1CCCCC1)C(Cc1ccccc1)N(Cc1ccc(F)cc1)C(=O)CCN1C(=O)c2ccccc2S1(=O)=O. The van der Waals surface area contributed by atoms with E-state index in [0.29, 0.717) is 5.56 Å². The Hall–Kier alpha value is -4.05. The van der Waals surface area contributed by atoms with Crippen molar-refractivity contribution in [2.45, 2.75) is 68.5 Å². The summed E-state index contributed by atoms with van der Waals surface area (Å²) in [4.78, 5) is 42.1. The predicted molar refractivity (Wildman–Crippen MR) is 155 cm³/mol. The van der Waals surface area contributed by atoms with Crippen LogP contribution in [0, 0.1) is 5.82 Å². The van der Waals surface area contributed by atoms with Gasteiger partial charge in [0.1, 0.15) is 16.8 Å². The summed E-state index contributed by atoms with van der Waals surface area (Å²) in [6, 6.07) is 20.1. The maximum atomic E-state index is 13.9. The van der Waals surface area contributed by atoms with Crippen molar-refractivity contribution in [1.29, 1.82) is 0 Å². The van der Waals surface area contributed by atoms with Crippen LogP contribution in [-0.4, -0.2) is 54.0 Å². The van der Waals surface area contributed by atoms with Crippen LogP contribution in [0.3, 0.4) is 0 Å². The van der Waals surface area contributed by atoms with Crippen LogP contribution in [0.15, 0.2) is 83.8 Å². The molecule has 0 saturated heterocycles. The third-order valence-electron chi connectivity index (χ3n) is 7.93. The van der Waals surface area contributed by atoms with E-state index in [1.807, 2.05) is 30.3 Å². The van der Waals surface area contributed by atoms with Crippen LogP contribution in [0.25, 0.3) is 0 Å². The predicted octanol–water partition coefficient (Wildman–Crippen LogP) is 4.45. The molecule has 1 fully saturated rings. The molecule has 0 radical (unpaired) electrons. The second-order valence-electron chi connectivity index (χ2n) is 10.8. The minimum absolute atomic E-state index is 0.00955. The van der Waals surface area contributed by atoms with E-state index in [-0.39, 0.29) is 48.3 Å². The van der Waals surface area contributed by atoms with Crippen molar-refractivity contribution < 1.29 is 27.2 Å². The summed E-state index contributed by atoms with van der Waals surface area (Å²) in [6.07, 6.45) is 4.81. The molecule has 2 aliphatic rings. The number of nitrogens with zero attached hydrogens (tertiary/aromatic N) is 2. The quantitative estimate of drug-likeness (QED) is 0.375. The van der Waals surface area contributed by atoms with Gasteiger partial charge in [-0.05, 0) is 48.2 Å². The summed E-state index contributed by atoms with van der Waals surface area (Å²) in [7, 11) is -4.09. The molecule has 1 unspecified atom stereocenters. The molecule has 3 amide bonds. The largest absolute Gasteiger partial charge is 0.352 e. The Morgan fingerprint density at radius 1 is 0.905 bits per heavy atom. The molecular formula is C32H34FN3O5S. The molecule has 1 atom stereocenters. The lowest BCUT2D eigenvalue weighted by molar-refractivity contribution is -0.141. The molecule has 5 rings (SSSR count). The standard InChI is InChI=1S/C32H34FN3O5S/c33-25-17-15-24(16-18-25)22-35(30(37)19-20-36-32(39)27-13-7-8-14-29(27)42(36,40)41)28(21-23-9-3-1-4-10-23)31(38)34-26-11-5-2-6-12-26/h1,3-4,7-10,13-18,26,28H,2,5-6,11-12,19-22H2,(H,34,38). The van der Waals surface area contributed by atoms with Gasteiger partial charge in [0.2, 0.25) is 11.8 Å². The van der Waals surface area contributed by atoms with Crippen LogP contribution in [0.5, 0.6) is 0 Å². The number of hydrogen-bond acceptors (Lipinski definition) is 5. The second-order valence-corrected chi connectivity index (χ2v) is 12.7. The highest BCUT2D eigenvalue weighted by Gasteiger charge is 2.41. The first-order valence-electron chi connectivity index (χ1n) is 14.3. The lowest BCUT2D eigenvalue weighted by Crippen LogP contribution is -2.53. The molecular weight excluding hydrogens is 557 g/mol. The molecule has 1 aliphatic heterocycles. The average molecular weight is 592 g/mol. The molecule has 0 bridgehead atoms. The molecule has 10 heteroatoms. The van der Waals surface area contributed by atoms with E-state index in [1.165, 1.54) is 29.2 Å². The minimum atomic E-state index is -4.09. The molecule has 0 aromatic heterocycles. The maximum absolute atomic E-state index is 13.9. The van der Waals surface area contributed by atoms with Crippen molar-refractivity contribution in [1.82, 2.24) is 14.5 Å². The van der Waals surface area contributed by atoms with Gasteiger partial charge in [0.25, 0.3) is 15.9 Å². The molecule has 1 saturated carbocycles. The van der Waals surface area contributed by atoms with Crippen molar-refractivity contribution in [2.24, 2.45) is 0 Å². The van der Waals surface area contributed by atoms with E-state index < -0.39 is 33.7 Å². The van der Waals surface area contributed by atoms with Crippen LogP contribution < -0.4 is 5.32 Å².